The standard InChI is InChI=1S/C20H33BrO/c1-2-3-17-20(22)18-15-13-11-9-7-5-4-6-8-10-12-14-16-19-21/h20,22H,2-7,9,11-14,16-17,19H2,1H3/t20-/m1/s1. The van der Waals surface area contributed by atoms with Crippen molar-refractivity contribution in [3.8, 4) is 23.7 Å². The number of alkyl halides is 1. The summed E-state index contributed by atoms with van der Waals surface area (Å²) in [5.41, 5.74) is 0. The molecule has 0 saturated carbocycles. The molecule has 0 aliphatic carbocycles. The van der Waals surface area contributed by atoms with Crippen LogP contribution in [0.2, 0.25) is 0 Å². The zero-order chi connectivity index (χ0) is 16.3. The minimum atomic E-state index is -0.409. The fourth-order valence-electron chi connectivity index (χ4n) is 2.10. The number of rotatable bonds is 12. The van der Waals surface area contributed by atoms with E-state index in [1.54, 1.807) is 0 Å². The van der Waals surface area contributed by atoms with Crippen LogP contribution in [0.1, 0.15) is 90.4 Å². The Morgan fingerprint density at radius 2 is 1.32 bits per heavy atom. The van der Waals surface area contributed by atoms with Gasteiger partial charge in [-0.2, -0.15) is 0 Å². The largest absolute Gasteiger partial charge is 0.380 e. The highest BCUT2D eigenvalue weighted by molar-refractivity contribution is 9.09. The van der Waals surface area contributed by atoms with E-state index in [0.29, 0.717) is 0 Å². The van der Waals surface area contributed by atoms with Crippen LogP contribution in [-0.4, -0.2) is 16.5 Å². The molecule has 126 valence electrons. The van der Waals surface area contributed by atoms with Crippen LogP contribution >= 0.6 is 15.9 Å². The Labute approximate surface area is 146 Å². The number of aliphatic hydroxyl groups excluding tert-OH is 1. The van der Waals surface area contributed by atoms with E-state index < -0.39 is 6.10 Å². The van der Waals surface area contributed by atoms with Gasteiger partial charge in [-0.15, -0.1) is 17.8 Å². The van der Waals surface area contributed by atoms with Crippen molar-refractivity contribution >= 4 is 15.9 Å². The van der Waals surface area contributed by atoms with Gasteiger partial charge in [0, 0.05) is 24.6 Å². The van der Waals surface area contributed by atoms with E-state index in [-0.39, 0.29) is 0 Å². The van der Waals surface area contributed by atoms with Crippen LogP contribution in [0.15, 0.2) is 0 Å². The molecule has 1 N–H and O–H groups in total. The molecule has 0 amide bonds. The van der Waals surface area contributed by atoms with Crippen molar-refractivity contribution in [2.24, 2.45) is 0 Å². The Kier molecular flexibility index (Phi) is 18.2. The molecule has 0 aromatic heterocycles. The van der Waals surface area contributed by atoms with Crippen LogP contribution < -0.4 is 0 Å². The summed E-state index contributed by atoms with van der Waals surface area (Å²) < 4.78 is 0. The maximum absolute atomic E-state index is 9.58. The van der Waals surface area contributed by atoms with Gasteiger partial charge in [0.05, 0.1) is 0 Å². The van der Waals surface area contributed by atoms with Gasteiger partial charge in [0.2, 0.25) is 0 Å². The second kappa shape index (κ2) is 18.6. The zero-order valence-electron chi connectivity index (χ0n) is 14.3. The fraction of sp³-hybridized carbons (Fsp3) is 0.800. The number of hydrogen-bond acceptors (Lipinski definition) is 1. The predicted molar refractivity (Wildman–Crippen MR) is 101 cm³/mol. The normalized spacial score (nSPS) is 11.2. The lowest BCUT2D eigenvalue weighted by Gasteiger charge is -2.00. The van der Waals surface area contributed by atoms with Crippen LogP contribution in [0.3, 0.4) is 0 Å². The minimum absolute atomic E-state index is 0.409. The van der Waals surface area contributed by atoms with E-state index in [1.807, 2.05) is 0 Å². The number of hydrogen-bond donors (Lipinski definition) is 1. The van der Waals surface area contributed by atoms with Crippen molar-refractivity contribution in [2.75, 3.05) is 5.33 Å². The molecule has 0 aromatic carbocycles. The first-order valence-electron chi connectivity index (χ1n) is 8.99. The molecule has 0 aliphatic rings. The highest BCUT2D eigenvalue weighted by Crippen LogP contribution is 2.07. The molecular weight excluding hydrogens is 336 g/mol. The Morgan fingerprint density at radius 1 is 0.773 bits per heavy atom. The monoisotopic (exact) mass is 368 g/mol. The van der Waals surface area contributed by atoms with Crippen molar-refractivity contribution < 1.29 is 5.11 Å². The highest BCUT2D eigenvalue weighted by Gasteiger charge is 1.96. The molecule has 1 nitrogen and oxygen atoms in total. The van der Waals surface area contributed by atoms with Crippen LogP contribution in [0, 0.1) is 23.7 Å². The number of aliphatic hydroxyl groups is 1. The van der Waals surface area contributed by atoms with Crippen molar-refractivity contribution in [3.05, 3.63) is 0 Å². The SMILES string of the molecule is CCCC[C@@H](O)C#CCCCCCCCC#CCCCCBr. The van der Waals surface area contributed by atoms with Crippen LogP contribution in [0.4, 0.5) is 0 Å². The molecule has 0 aromatic rings. The van der Waals surface area contributed by atoms with Crippen LogP contribution in [0.5, 0.6) is 0 Å². The quantitative estimate of drug-likeness (QED) is 0.260. The molecule has 0 heterocycles. The number of unbranched alkanes of at least 4 members (excludes halogenated alkanes) is 9. The van der Waals surface area contributed by atoms with Gasteiger partial charge < -0.3 is 5.11 Å². The third-order valence-electron chi connectivity index (χ3n) is 3.51. The maximum atomic E-state index is 9.58. The summed E-state index contributed by atoms with van der Waals surface area (Å²) in [7, 11) is 0. The molecule has 0 fully saturated rings. The Bertz CT molecular complexity index is 342. The third kappa shape index (κ3) is 17.6. The first-order chi connectivity index (χ1) is 10.8. The lowest BCUT2D eigenvalue weighted by atomic mass is 10.1. The van der Waals surface area contributed by atoms with Crippen molar-refractivity contribution in [1.82, 2.24) is 0 Å². The summed E-state index contributed by atoms with van der Waals surface area (Å²) in [6, 6.07) is 0. The maximum Gasteiger partial charge on any atom is 0.114 e. The van der Waals surface area contributed by atoms with Gasteiger partial charge in [-0.05, 0) is 32.1 Å². The molecule has 0 bridgehead atoms. The summed E-state index contributed by atoms with van der Waals surface area (Å²) in [5, 5.41) is 10.7. The average Bonchev–Trinajstić information content (AvgIpc) is 2.53. The van der Waals surface area contributed by atoms with Gasteiger partial charge >= 0.3 is 0 Å². The van der Waals surface area contributed by atoms with E-state index in [0.717, 1.165) is 50.3 Å². The van der Waals surface area contributed by atoms with Gasteiger partial charge in [0.1, 0.15) is 6.10 Å². The van der Waals surface area contributed by atoms with E-state index in [9.17, 15) is 5.11 Å². The molecule has 0 saturated heterocycles. The van der Waals surface area contributed by atoms with Crippen LogP contribution in [0.25, 0.3) is 0 Å². The highest BCUT2D eigenvalue weighted by atomic mass is 79.9. The summed E-state index contributed by atoms with van der Waals surface area (Å²) in [6.45, 7) is 2.14. The van der Waals surface area contributed by atoms with E-state index in [2.05, 4.69) is 46.5 Å². The lowest BCUT2D eigenvalue weighted by Crippen LogP contribution is -2.01. The second-order valence-electron chi connectivity index (χ2n) is 5.75. The van der Waals surface area contributed by atoms with E-state index in [1.165, 1.54) is 38.5 Å². The first-order valence-corrected chi connectivity index (χ1v) is 10.1. The lowest BCUT2D eigenvalue weighted by molar-refractivity contribution is 0.218. The smallest absolute Gasteiger partial charge is 0.114 e. The molecule has 0 rings (SSSR count). The summed E-state index contributed by atoms with van der Waals surface area (Å²) >= 11 is 3.43. The molecular formula is C20H33BrO. The first kappa shape index (κ1) is 21.6. The number of halogens is 1. The molecule has 0 aliphatic heterocycles. The van der Waals surface area contributed by atoms with Gasteiger partial charge in [-0.3, -0.25) is 0 Å². The molecule has 0 unspecified atom stereocenters. The summed E-state index contributed by atoms with van der Waals surface area (Å²) in [6.07, 6.45) is 14.3. The van der Waals surface area contributed by atoms with Crippen molar-refractivity contribution in [2.45, 2.75) is 96.5 Å². The molecule has 22 heavy (non-hydrogen) atoms. The van der Waals surface area contributed by atoms with Gasteiger partial charge in [0.15, 0.2) is 0 Å². The van der Waals surface area contributed by atoms with Gasteiger partial charge in [-0.1, -0.05) is 60.9 Å². The van der Waals surface area contributed by atoms with Gasteiger partial charge in [-0.25, -0.2) is 0 Å². The summed E-state index contributed by atoms with van der Waals surface area (Å²) in [5.74, 6) is 12.6. The van der Waals surface area contributed by atoms with E-state index in [4.69, 9.17) is 0 Å². The van der Waals surface area contributed by atoms with E-state index >= 15 is 0 Å². The molecule has 2 heteroatoms. The third-order valence-corrected chi connectivity index (χ3v) is 4.07. The average molecular weight is 369 g/mol. The Hall–Kier alpha value is -0.440. The van der Waals surface area contributed by atoms with Crippen molar-refractivity contribution in [1.29, 1.82) is 0 Å². The van der Waals surface area contributed by atoms with Crippen molar-refractivity contribution in [3.63, 3.8) is 0 Å². The zero-order valence-corrected chi connectivity index (χ0v) is 15.9. The topological polar surface area (TPSA) is 20.2 Å². The fourth-order valence-corrected chi connectivity index (χ4v) is 2.50. The summed E-state index contributed by atoms with van der Waals surface area (Å²) in [4.78, 5) is 0. The Morgan fingerprint density at radius 3 is 1.91 bits per heavy atom. The molecule has 1 atom stereocenters. The van der Waals surface area contributed by atoms with Gasteiger partial charge in [0.25, 0.3) is 0 Å². The minimum Gasteiger partial charge on any atom is -0.380 e. The molecule has 0 spiro atoms. The second-order valence-corrected chi connectivity index (χ2v) is 6.54. The Balaban J connectivity index is 3.28. The van der Waals surface area contributed by atoms with Crippen LogP contribution in [-0.2, 0) is 0 Å². The predicted octanol–water partition coefficient (Wildman–Crippen LogP) is 5.84. The molecule has 0 radical (unpaired) electrons.